The fraction of sp³-hybridized carbons (Fsp3) is 0.762. The van der Waals surface area contributed by atoms with E-state index in [2.05, 4.69) is 0 Å². The van der Waals surface area contributed by atoms with Crippen LogP contribution in [0.3, 0.4) is 0 Å². The summed E-state index contributed by atoms with van der Waals surface area (Å²) in [6.45, 7) is 10.8. The van der Waals surface area contributed by atoms with Crippen LogP contribution in [0.5, 0.6) is 0 Å². The molecule has 1 aliphatic heterocycles. The minimum absolute atomic E-state index is 0.0168. The number of carbonyl (C=O) groups is 3. The Labute approximate surface area is 161 Å². The third-order valence-corrected chi connectivity index (χ3v) is 5.59. The molecule has 6 nitrogen and oxygen atoms in total. The Hall–Kier alpha value is -1.85. The molecule has 1 heterocycles. The molecule has 6 heteroatoms. The lowest BCUT2D eigenvalue weighted by Gasteiger charge is -2.33. The smallest absolute Gasteiger partial charge is 0.309 e. The monoisotopic (exact) mass is 380 g/mol. The van der Waals surface area contributed by atoms with Crippen LogP contribution < -0.4 is 0 Å². The highest BCUT2D eigenvalue weighted by atomic mass is 16.6. The second-order valence-corrected chi connectivity index (χ2v) is 8.32. The Kier molecular flexibility index (Phi) is 7.06. The molecule has 0 spiro atoms. The fourth-order valence-corrected chi connectivity index (χ4v) is 3.97. The molecule has 0 amide bonds. The Bertz CT molecular complexity index is 608. The summed E-state index contributed by atoms with van der Waals surface area (Å²) >= 11 is 0. The summed E-state index contributed by atoms with van der Waals surface area (Å²) in [6, 6.07) is 0. The lowest BCUT2D eigenvalue weighted by molar-refractivity contribution is -0.158. The summed E-state index contributed by atoms with van der Waals surface area (Å²) in [5.74, 6) is -1.60. The largest absolute Gasteiger partial charge is 0.462 e. The highest BCUT2D eigenvalue weighted by Crippen LogP contribution is 2.39. The van der Waals surface area contributed by atoms with Crippen LogP contribution in [0.4, 0.5) is 0 Å². The molecule has 0 aromatic carbocycles. The van der Waals surface area contributed by atoms with Crippen molar-refractivity contribution < 1.29 is 28.6 Å². The van der Waals surface area contributed by atoms with Gasteiger partial charge in [-0.1, -0.05) is 39.3 Å². The maximum atomic E-state index is 12.3. The molecular weight excluding hydrogens is 348 g/mol. The van der Waals surface area contributed by atoms with Crippen molar-refractivity contribution in [1.29, 1.82) is 0 Å². The highest BCUT2D eigenvalue weighted by Gasteiger charge is 2.48. The van der Waals surface area contributed by atoms with Crippen LogP contribution in [0.2, 0.25) is 0 Å². The lowest BCUT2D eigenvalue weighted by atomic mass is 9.79. The molecule has 1 fully saturated rings. The maximum absolute atomic E-state index is 12.3. The standard InChI is InChI=1S/C21H32O6/c1-11(2)20(23)26-17-9-12(3)7-8-16(25-15(6)22)13(4)10-18-19(17)14(5)21(24)27-18/h7,11,13-14,16-19H,8-10H2,1-6H3/b12-7-/t13-,14-,16?,17?,18+,19+/m0/s1. The first-order valence-corrected chi connectivity index (χ1v) is 9.84. The molecule has 0 aromatic heterocycles. The van der Waals surface area contributed by atoms with Crippen molar-refractivity contribution in [2.24, 2.45) is 23.7 Å². The zero-order valence-electron chi connectivity index (χ0n) is 17.2. The van der Waals surface area contributed by atoms with E-state index in [4.69, 9.17) is 14.2 Å². The summed E-state index contributed by atoms with van der Waals surface area (Å²) in [5.41, 5.74) is 1.05. The number of carbonyl (C=O) groups excluding carboxylic acids is 3. The predicted octanol–water partition coefficient (Wildman–Crippen LogP) is 3.43. The molecule has 1 aliphatic carbocycles. The highest BCUT2D eigenvalue weighted by molar-refractivity contribution is 5.75. The summed E-state index contributed by atoms with van der Waals surface area (Å²) in [7, 11) is 0. The minimum Gasteiger partial charge on any atom is -0.462 e. The molecule has 0 aromatic rings. The van der Waals surface area contributed by atoms with Gasteiger partial charge in [-0.05, 0) is 19.3 Å². The van der Waals surface area contributed by atoms with Gasteiger partial charge in [0.1, 0.15) is 18.3 Å². The van der Waals surface area contributed by atoms with Crippen LogP contribution in [-0.4, -0.2) is 36.2 Å². The van der Waals surface area contributed by atoms with E-state index >= 15 is 0 Å². The van der Waals surface area contributed by atoms with Crippen LogP contribution in [-0.2, 0) is 28.6 Å². The summed E-state index contributed by atoms with van der Waals surface area (Å²) < 4.78 is 17.0. The van der Waals surface area contributed by atoms with Gasteiger partial charge in [-0.2, -0.15) is 0 Å². The molecule has 27 heavy (non-hydrogen) atoms. The topological polar surface area (TPSA) is 78.9 Å². The Morgan fingerprint density at radius 3 is 2.44 bits per heavy atom. The average molecular weight is 380 g/mol. The number of fused-ring (bicyclic) bond motifs is 1. The molecular formula is C21H32O6. The van der Waals surface area contributed by atoms with Gasteiger partial charge in [0.25, 0.3) is 0 Å². The second kappa shape index (κ2) is 8.89. The number of hydrogen-bond donors (Lipinski definition) is 0. The van der Waals surface area contributed by atoms with Gasteiger partial charge >= 0.3 is 17.9 Å². The predicted molar refractivity (Wildman–Crippen MR) is 99.6 cm³/mol. The van der Waals surface area contributed by atoms with Crippen LogP contribution in [0.1, 0.15) is 60.8 Å². The third-order valence-electron chi connectivity index (χ3n) is 5.59. The van der Waals surface area contributed by atoms with Gasteiger partial charge in [-0.25, -0.2) is 0 Å². The fourth-order valence-electron chi connectivity index (χ4n) is 3.97. The first kappa shape index (κ1) is 21.5. The first-order chi connectivity index (χ1) is 12.6. The van der Waals surface area contributed by atoms with Crippen molar-refractivity contribution in [2.75, 3.05) is 0 Å². The van der Waals surface area contributed by atoms with E-state index in [1.165, 1.54) is 6.92 Å². The number of esters is 3. The van der Waals surface area contributed by atoms with E-state index in [0.29, 0.717) is 19.3 Å². The van der Waals surface area contributed by atoms with E-state index in [0.717, 1.165) is 5.57 Å². The molecule has 1 saturated heterocycles. The summed E-state index contributed by atoms with van der Waals surface area (Å²) in [5, 5.41) is 0. The number of ether oxygens (including phenoxy) is 3. The Morgan fingerprint density at radius 2 is 1.85 bits per heavy atom. The molecule has 0 radical (unpaired) electrons. The Morgan fingerprint density at radius 1 is 1.19 bits per heavy atom. The van der Waals surface area contributed by atoms with Crippen molar-refractivity contribution in [1.82, 2.24) is 0 Å². The molecule has 2 aliphatic rings. The van der Waals surface area contributed by atoms with Gasteiger partial charge in [0, 0.05) is 25.7 Å². The van der Waals surface area contributed by atoms with Crippen molar-refractivity contribution in [3.05, 3.63) is 11.6 Å². The van der Waals surface area contributed by atoms with E-state index in [1.54, 1.807) is 13.8 Å². The van der Waals surface area contributed by atoms with Gasteiger partial charge in [-0.3, -0.25) is 14.4 Å². The van der Waals surface area contributed by atoms with E-state index in [1.807, 2.05) is 26.8 Å². The normalized spacial score (nSPS) is 36.3. The SMILES string of the molecule is CC(=O)OC1C/C=C(/C)CC(OC(=O)C(C)C)[C@H]2[C@H](C)C(=O)O[C@@H]2C[C@@H]1C. The van der Waals surface area contributed by atoms with E-state index < -0.39 is 6.10 Å². The lowest BCUT2D eigenvalue weighted by Crippen LogP contribution is -2.39. The molecule has 152 valence electrons. The number of rotatable bonds is 3. The van der Waals surface area contributed by atoms with Crippen LogP contribution in [0.25, 0.3) is 0 Å². The molecule has 2 unspecified atom stereocenters. The van der Waals surface area contributed by atoms with E-state index in [-0.39, 0.29) is 53.8 Å². The Balaban J connectivity index is 2.34. The summed E-state index contributed by atoms with van der Waals surface area (Å²) in [6.07, 6.45) is 2.74. The first-order valence-electron chi connectivity index (χ1n) is 9.84. The maximum Gasteiger partial charge on any atom is 0.309 e. The second-order valence-electron chi connectivity index (χ2n) is 8.32. The number of hydrogen-bond acceptors (Lipinski definition) is 6. The van der Waals surface area contributed by atoms with Crippen LogP contribution in [0.15, 0.2) is 11.6 Å². The van der Waals surface area contributed by atoms with Crippen molar-refractivity contribution in [3.8, 4) is 0 Å². The average Bonchev–Trinajstić information content (AvgIpc) is 2.83. The zero-order chi connectivity index (χ0) is 20.3. The minimum atomic E-state index is -0.403. The van der Waals surface area contributed by atoms with Gasteiger partial charge in [0.2, 0.25) is 0 Å². The molecule has 0 N–H and O–H groups in total. The molecule has 0 saturated carbocycles. The van der Waals surface area contributed by atoms with E-state index in [9.17, 15) is 14.4 Å². The molecule has 0 bridgehead atoms. The zero-order valence-corrected chi connectivity index (χ0v) is 17.2. The van der Waals surface area contributed by atoms with Crippen LogP contribution in [0, 0.1) is 23.7 Å². The van der Waals surface area contributed by atoms with Gasteiger partial charge in [0.05, 0.1) is 11.8 Å². The van der Waals surface area contributed by atoms with Gasteiger partial charge < -0.3 is 14.2 Å². The van der Waals surface area contributed by atoms with Gasteiger partial charge in [-0.15, -0.1) is 0 Å². The quantitative estimate of drug-likeness (QED) is 0.424. The molecule has 6 atom stereocenters. The van der Waals surface area contributed by atoms with Crippen molar-refractivity contribution in [2.45, 2.75) is 79.1 Å². The van der Waals surface area contributed by atoms with Gasteiger partial charge in [0.15, 0.2) is 0 Å². The third kappa shape index (κ3) is 5.33. The van der Waals surface area contributed by atoms with Crippen LogP contribution >= 0.6 is 0 Å². The molecule has 2 rings (SSSR count). The van der Waals surface area contributed by atoms with Crippen molar-refractivity contribution >= 4 is 17.9 Å². The van der Waals surface area contributed by atoms with Crippen molar-refractivity contribution in [3.63, 3.8) is 0 Å². The summed E-state index contributed by atoms with van der Waals surface area (Å²) in [4.78, 5) is 36.0.